The van der Waals surface area contributed by atoms with Gasteiger partial charge in [-0.15, -0.1) is 0 Å². The Morgan fingerprint density at radius 1 is 1.11 bits per heavy atom. The second-order valence-corrected chi connectivity index (χ2v) is 11.2. The number of aromatic nitrogens is 1. The van der Waals surface area contributed by atoms with Crippen LogP contribution in [-0.4, -0.2) is 78.5 Å². The number of likely N-dealkylation sites (N-methyl/N-ethyl adjacent to an activating group) is 1. The lowest BCUT2D eigenvalue weighted by molar-refractivity contribution is -0.123. The van der Waals surface area contributed by atoms with Crippen molar-refractivity contribution in [2.75, 3.05) is 46.3 Å². The van der Waals surface area contributed by atoms with Gasteiger partial charge in [-0.05, 0) is 49.6 Å². The number of benzene rings is 1. The molecule has 1 saturated carbocycles. The number of piperazine rings is 1. The van der Waals surface area contributed by atoms with Gasteiger partial charge >= 0.3 is 0 Å². The van der Waals surface area contributed by atoms with Gasteiger partial charge in [0.2, 0.25) is 5.91 Å². The van der Waals surface area contributed by atoms with E-state index < -0.39 is 0 Å². The highest BCUT2D eigenvalue weighted by Gasteiger charge is 2.31. The van der Waals surface area contributed by atoms with Crippen molar-refractivity contribution in [1.82, 2.24) is 25.0 Å². The number of carbonyl (C=O) groups excluding carboxylic acids is 2. The summed E-state index contributed by atoms with van der Waals surface area (Å²) in [4.78, 5) is 30.9. The first-order chi connectivity index (χ1) is 17.5. The van der Waals surface area contributed by atoms with Crippen LogP contribution in [0.5, 0.6) is 0 Å². The summed E-state index contributed by atoms with van der Waals surface area (Å²) in [6.45, 7) is 5.66. The van der Waals surface area contributed by atoms with Crippen LogP contribution in [-0.2, 0) is 4.79 Å². The van der Waals surface area contributed by atoms with E-state index in [0.29, 0.717) is 29.6 Å². The number of hydrogen-bond acceptors (Lipinski definition) is 4. The van der Waals surface area contributed by atoms with E-state index in [-0.39, 0.29) is 23.9 Å². The molecule has 0 spiro atoms. The van der Waals surface area contributed by atoms with Gasteiger partial charge < -0.3 is 20.1 Å². The van der Waals surface area contributed by atoms with Crippen LogP contribution >= 0.6 is 11.6 Å². The lowest BCUT2D eigenvalue weighted by Gasteiger charge is -2.38. The summed E-state index contributed by atoms with van der Waals surface area (Å²) >= 11 is 6.19. The van der Waals surface area contributed by atoms with E-state index in [2.05, 4.69) is 27.5 Å². The van der Waals surface area contributed by atoms with Crippen LogP contribution in [0.4, 0.5) is 0 Å². The first-order valence-corrected chi connectivity index (χ1v) is 13.8. The zero-order chi connectivity index (χ0) is 25.1. The van der Waals surface area contributed by atoms with Crippen LogP contribution in [0.25, 0.3) is 11.1 Å². The van der Waals surface area contributed by atoms with Crippen LogP contribution in [0.3, 0.4) is 0 Å². The van der Waals surface area contributed by atoms with Crippen molar-refractivity contribution in [2.45, 2.75) is 50.6 Å². The number of hydrogen-bond donors (Lipinski definition) is 2. The molecule has 1 aromatic carbocycles. The normalized spacial score (nSPS) is 22.6. The molecule has 8 heteroatoms. The molecule has 2 atom stereocenters. The Balaban J connectivity index is 1.28. The first-order valence-electron chi connectivity index (χ1n) is 13.4. The minimum Gasteiger partial charge on any atom is -0.352 e. The highest BCUT2D eigenvalue weighted by atomic mass is 35.5. The average Bonchev–Trinajstić information content (AvgIpc) is 3.34. The lowest BCUT2D eigenvalue weighted by atomic mass is 9.83. The van der Waals surface area contributed by atoms with E-state index in [0.717, 1.165) is 43.9 Å². The molecule has 36 heavy (non-hydrogen) atoms. The van der Waals surface area contributed by atoms with Gasteiger partial charge in [0.15, 0.2) is 0 Å². The van der Waals surface area contributed by atoms with Gasteiger partial charge in [-0.1, -0.05) is 43.0 Å². The fourth-order valence-corrected chi connectivity index (χ4v) is 6.19. The topological polar surface area (TPSA) is 69.6 Å². The predicted molar refractivity (Wildman–Crippen MR) is 143 cm³/mol. The SMILES string of the molecule is CN1CCN(CC(NC(=O)CC2CNC(=O)c3cc(-c4cccc(Cl)c4)cn32)C2CCCCC2)CC1. The summed E-state index contributed by atoms with van der Waals surface area (Å²) in [5, 5.41) is 7.08. The number of nitrogens with one attached hydrogen (secondary N) is 2. The van der Waals surface area contributed by atoms with Crippen LogP contribution in [0.15, 0.2) is 36.5 Å². The third-order valence-electron chi connectivity index (χ3n) is 8.17. The molecular weight excluding hydrogens is 474 g/mol. The molecule has 5 rings (SSSR count). The molecule has 3 aliphatic rings. The molecule has 2 aromatic rings. The van der Waals surface area contributed by atoms with E-state index in [1.54, 1.807) is 0 Å². The molecule has 1 saturated heterocycles. The molecule has 2 fully saturated rings. The quantitative estimate of drug-likeness (QED) is 0.593. The smallest absolute Gasteiger partial charge is 0.268 e. The van der Waals surface area contributed by atoms with Gasteiger partial charge in [0, 0.05) is 68.5 Å². The zero-order valence-corrected chi connectivity index (χ0v) is 22.0. The molecule has 2 unspecified atom stereocenters. The van der Waals surface area contributed by atoms with Gasteiger partial charge in [-0.25, -0.2) is 0 Å². The van der Waals surface area contributed by atoms with Crippen molar-refractivity contribution in [3.05, 3.63) is 47.2 Å². The van der Waals surface area contributed by atoms with Crippen molar-refractivity contribution >= 4 is 23.4 Å². The molecule has 2 aliphatic heterocycles. The highest BCUT2D eigenvalue weighted by Crippen LogP contribution is 2.30. The van der Waals surface area contributed by atoms with Gasteiger partial charge in [0.05, 0.1) is 6.04 Å². The minimum atomic E-state index is -0.110. The molecule has 2 amide bonds. The summed E-state index contributed by atoms with van der Waals surface area (Å²) in [6.07, 6.45) is 8.55. The van der Waals surface area contributed by atoms with E-state index in [9.17, 15) is 9.59 Å². The summed E-state index contributed by atoms with van der Waals surface area (Å²) in [5.74, 6) is 0.518. The molecule has 1 aliphatic carbocycles. The molecule has 3 heterocycles. The number of halogens is 1. The van der Waals surface area contributed by atoms with Crippen molar-refractivity contribution in [1.29, 1.82) is 0 Å². The Labute approximate surface area is 219 Å². The zero-order valence-electron chi connectivity index (χ0n) is 21.2. The Kier molecular flexibility index (Phi) is 7.99. The minimum absolute atomic E-state index is 0.0739. The first kappa shape index (κ1) is 25.3. The summed E-state index contributed by atoms with van der Waals surface area (Å²) < 4.78 is 1.98. The third-order valence-corrected chi connectivity index (χ3v) is 8.40. The maximum atomic E-state index is 13.4. The molecular formula is C28H38ClN5O2. The molecule has 1 aromatic heterocycles. The van der Waals surface area contributed by atoms with E-state index in [1.807, 2.05) is 41.1 Å². The van der Waals surface area contributed by atoms with E-state index in [1.165, 1.54) is 32.1 Å². The average molecular weight is 512 g/mol. The molecule has 194 valence electrons. The van der Waals surface area contributed by atoms with E-state index >= 15 is 0 Å². The summed E-state index contributed by atoms with van der Waals surface area (Å²) in [6, 6.07) is 9.60. The summed E-state index contributed by atoms with van der Waals surface area (Å²) in [7, 11) is 2.17. The third kappa shape index (κ3) is 5.96. The van der Waals surface area contributed by atoms with E-state index in [4.69, 9.17) is 11.6 Å². The van der Waals surface area contributed by atoms with Gasteiger partial charge in [-0.3, -0.25) is 14.5 Å². The Hall–Kier alpha value is -2.35. The predicted octanol–water partition coefficient (Wildman–Crippen LogP) is 3.80. The van der Waals surface area contributed by atoms with Crippen LogP contribution in [0, 0.1) is 5.92 Å². The van der Waals surface area contributed by atoms with Gasteiger partial charge in [-0.2, -0.15) is 0 Å². The molecule has 7 nitrogen and oxygen atoms in total. The lowest BCUT2D eigenvalue weighted by Crippen LogP contribution is -2.53. The fraction of sp³-hybridized carbons (Fsp3) is 0.571. The molecule has 0 radical (unpaired) electrons. The maximum absolute atomic E-state index is 13.4. The van der Waals surface area contributed by atoms with Crippen LogP contribution in [0.1, 0.15) is 55.1 Å². The van der Waals surface area contributed by atoms with Crippen LogP contribution in [0.2, 0.25) is 5.02 Å². The van der Waals surface area contributed by atoms with Crippen molar-refractivity contribution in [3.8, 4) is 11.1 Å². The van der Waals surface area contributed by atoms with Crippen molar-refractivity contribution in [3.63, 3.8) is 0 Å². The van der Waals surface area contributed by atoms with Crippen molar-refractivity contribution in [2.24, 2.45) is 5.92 Å². The fourth-order valence-electron chi connectivity index (χ4n) is 6.00. The number of rotatable bonds is 7. The second-order valence-electron chi connectivity index (χ2n) is 10.8. The monoisotopic (exact) mass is 511 g/mol. The number of fused-ring (bicyclic) bond motifs is 1. The molecule has 0 bridgehead atoms. The Morgan fingerprint density at radius 3 is 2.64 bits per heavy atom. The molecule has 2 N–H and O–H groups in total. The Morgan fingerprint density at radius 2 is 1.89 bits per heavy atom. The Bertz CT molecular complexity index is 1070. The second kappa shape index (κ2) is 11.4. The standard InChI is InChI=1S/C28H38ClN5O2/c1-32-10-12-33(13-11-32)19-25(20-6-3-2-4-7-20)31-27(35)16-24-17-30-28(36)26-15-22(18-34(24)26)21-8-5-9-23(29)14-21/h5,8-9,14-15,18,20,24-25H,2-4,6-7,10-13,16-17,19H2,1H3,(H,30,36)(H,31,35). The number of nitrogens with zero attached hydrogens (tertiary/aromatic N) is 3. The number of carbonyl (C=O) groups is 2. The van der Waals surface area contributed by atoms with Gasteiger partial charge in [0.1, 0.15) is 5.69 Å². The largest absolute Gasteiger partial charge is 0.352 e. The highest BCUT2D eigenvalue weighted by molar-refractivity contribution is 6.30. The van der Waals surface area contributed by atoms with Crippen molar-refractivity contribution < 1.29 is 9.59 Å². The van der Waals surface area contributed by atoms with Gasteiger partial charge in [0.25, 0.3) is 5.91 Å². The summed E-state index contributed by atoms with van der Waals surface area (Å²) in [5.41, 5.74) is 2.49. The maximum Gasteiger partial charge on any atom is 0.268 e. The van der Waals surface area contributed by atoms with Crippen LogP contribution < -0.4 is 10.6 Å². The number of amides is 2.